The second kappa shape index (κ2) is 9.28. The van der Waals surface area contributed by atoms with E-state index in [-0.39, 0.29) is 12.5 Å². The van der Waals surface area contributed by atoms with Gasteiger partial charge in [-0.1, -0.05) is 13.8 Å². The van der Waals surface area contributed by atoms with Gasteiger partial charge in [-0.15, -0.1) is 0 Å². The molecule has 7 nitrogen and oxygen atoms in total. The van der Waals surface area contributed by atoms with Crippen molar-refractivity contribution in [3.63, 3.8) is 0 Å². The Bertz CT molecular complexity index is 697. The number of carbonyl (C=O) groups is 2. The number of esters is 1. The molecule has 1 amide bonds. The molecule has 4 N–H and O–H groups in total. The SMILES string of the molecule is CC(C)[C@H]1CN(c2ccc(N)c(C(=O)NCC(=O)OC(C)(C)C)c2)CCCN1. The van der Waals surface area contributed by atoms with E-state index in [9.17, 15) is 9.59 Å². The summed E-state index contributed by atoms with van der Waals surface area (Å²) in [6.45, 7) is 12.4. The van der Waals surface area contributed by atoms with Gasteiger partial charge in [-0.05, 0) is 57.9 Å². The summed E-state index contributed by atoms with van der Waals surface area (Å²) >= 11 is 0. The molecule has 0 aliphatic carbocycles. The van der Waals surface area contributed by atoms with Gasteiger partial charge in [0.05, 0.1) is 5.56 Å². The third-order valence-electron chi connectivity index (χ3n) is 4.69. The molecule has 1 aliphatic heterocycles. The van der Waals surface area contributed by atoms with Crippen LogP contribution in [0.1, 0.15) is 51.4 Å². The van der Waals surface area contributed by atoms with Crippen LogP contribution in [0.25, 0.3) is 0 Å². The van der Waals surface area contributed by atoms with Crippen molar-refractivity contribution in [1.82, 2.24) is 10.6 Å². The van der Waals surface area contributed by atoms with Gasteiger partial charge in [0.1, 0.15) is 12.1 Å². The van der Waals surface area contributed by atoms with Crippen molar-refractivity contribution in [1.29, 1.82) is 0 Å². The van der Waals surface area contributed by atoms with Crippen molar-refractivity contribution < 1.29 is 14.3 Å². The van der Waals surface area contributed by atoms with Gasteiger partial charge >= 0.3 is 5.97 Å². The van der Waals surface area contributed by atoms with Crippen LogP contribution in [0.3, 0.4) is 0 Å². The average Bonchev–Trinajstić information content (AvgIpc) is 2.85. The largest absolute Gasteiger partial charge is 0.459 e. The smallest absolute Gasteiger partial charge is 0.325 e. The van der Waals surface area contributed by atoms with Gasteiger partial charge < -0.3 is 26.0 Å². The zero-order valence-corrected chi connectivity index (χ0v) is 17.7. The molecular weight excluding hydrogens is 356 g/mol. The number of hydrogen-bond acceptors (Lipinski definition) is 6. The lowest BCUT2D eigenvalue weighted by Gasteiger charge is -2.29. The van der Waals surface area contributed by atoms with Crippen LogP contribution >= 0.6 is 0 Å². The van der Waals surface area contributed by atoms with Crippen molar-refractivity contribution in [2.45, 2.75) is 52.7 Å². The molecule has 0 unspecified atom stereocenters. The third-order valence-corrected chi connectivity index (χ3v) is 4.69. The molecule has 0 bridgehead atoms. The second-order valence-corrected chi connectivity index (χ2v) is 8.64. The van der Waals surface area contributed by atoms with Gasteiger partial charge in [-0.3, -0.25) is 9.59 Å². The third kappa shape index (κ3) is 6.41. The van der Waals surface area contributed by atoms with Gasteiger partial charge in [-0.25, -0.2) is 0 Å². The number of rotatable bonds is 5. The van der Waals surface area contributed by atoms with Crippen molar-refractivity contribution in [3.8, 4) is 0 Å². The van der Waals surface area contributed by atoms with Crippen molar-refractivity contribution in [2.75, 3.05) is 36.8 Å². The van der Waals surface area contributed by atoms with E-state index in [0.717, 1.165) is 31.7 Å². The summed E-state index contributed by atoms with van der Waals surface area (Å²) in [7, 11) is 0. The Labute approximate surface area is 168 Å². The molecule has 7 heteroatoms. The average molecular weight is 391 g/mol. The van der Waals surface area contributed by atoms with Gasteiger partial charge in [0, 0.05) is 30.5 Å². The summed E-state index contributed by atoms with van der Waals surface area (Å²) < 4.78 is 5.22. The van der Waals surface area contributed by atoms with Crippen LogP contribution in [0.2, 0.25) is 0 Å². The Balaban J connectivity index is 2.09. The van der Waals surface area contributed by atoms with Crippen LogP contribution < -0.4 is 21.3 Å². The van der Waals surface area contributed by atoms with Crippen LogP contribution in [0.15, 0.2) is 18.2 Å². The maximum atomic E-state index is 12.6. The first kappa shape index (κ1) is 22.0. The van der Waals surface area contributed by atoms with Crippen molar-refractivity contribution in [3.05, 3.63) is 23.8 Å². The van der Waals surface area contributed by atoms with E-state index >= 15 is 0 Å². The first-order chi connectivity index (χ1) is 13.1. The zero-order chi connectivity index (χ0) is 20.9. The molecule has 1 heterocycles. The number of benzene rings is 1. The Hall–Kier alpha value is -2.28. The Morgan fingerprint density at radius 3 is 2.71 bits per heavy atom. The van der Waals surface area contributed by atoms with Crippen LogP contribution in [0.5, 0.6) is 0 Å². The van der Waals surface area contributed by atoms with Gasteiger partial charge in [0.25, 0.3) is 5.91 Å². The number of nitrogens with one attached hydrogen (secondary N) is 2. The molecule has 0 spiro atoms. The van der Waals surface area contributed by atoms with E-state index in [4.69, 9.17) is 10.5 Å². The van der Waals surface area contributed by atoms with E-state index < -0.39 is 11.6 Å². The molecular formula is C21H34N4O3. The number of amides is 1. The lowest BCUT2D eigenvalue weighted by molar-refractivity contribution is -0.153. The number of nitrogens with two attached hydrogens (primary N) is 1. The fraction of sp³-hybridized carbons (Fsp3) is 0.619. The predicted molar refractivity (Wildman–Crippen MR) is 112 cm³/mol. The maximum absolute atomic E-state index is 12.6. The van der Waals surface area contributed by atoms with Crippen LogP contribution in [-0.2, 0) is 9.53 Å². The minimum absolute atomic E-state index is 0.192. The molecule has 1 saturated heterocycles. The number of nitrogen functional groups attached to an aromatic ring is 1. The molecule has 0 radical (unpaired) electrons. The van der Waals surface area contributed by atoms with E-state index in [0.29, 0.717) is 23.2 Å². The quantitative estimate of drug-likeness (QED) is 0.527. The topological polar surface area (TPSA) is 96.7 Å². The first-order valence-corrected chi connectivity index (χ1v) is 9.94. The number of carbonyl (C=O) groups excluding carboxylic acids is 2. The highest BCUT2D eigenvalue weighted by Gasteiger charge is 2.22. The molecule has 0 saturated carbocycles. The van der Waals surface area contributed by atoms with E-state index in [1.165, 1.54) is 0 Å². The van der Waals surface area contributed by atoms with E-state index in [1.54, 1.807) is 26.8 Å². The summed E-state index contributed by atoms with van der Waals surface area (Å²) in [5.41, 5.74) is 7.16. The molecule has 1 atom stereocenters. The Morgan fingerprint density at radius 2 is 2.07 bits per heavy atom. The van der Waals surface area contributed by atoms with Crippen LogP contribution in [-0.4, -0.2) is 49.7 Å². The number of nitrogens with zero attached hydrogens (tertiary/aromatic N) is 1. The highest BCUT2D eigenvalue weighted by atomic mass is 16.6. The molecule has 2 rings (SSSR count). The number of hydrogen-bond donors (Lipinski definition) is 3. The van der Waals surface area contributed by atoms with E-state index in [1.807, 2.05) is 12.1 Å². The molecule has 0 aromatic heterocycles. The summed E-state index contributed by atoms with van der Waals surface area (Å²) in [6.07, 6.45) is 1.04. The summed E-state index contributed by atoms with van der Waals surface area (Å²) in [5, 5.41) is 6.19. The van der Waals surface area contributed by atoms with Crippen molar-refractivity contribution >= 4 is 23.3 Å². The molecule has 1 fully saturated rings. The van der Waals surface area contributed by atoms with E-state index in [2.05, 4.69) is 29.4 Å². The highest BCUT2D eigenvalue weighted by Crippen LogP contribution is 2.23. The first-order valence-electron chi connectivity index (χ1n) is 9.94. The van der Waals surface area contributed by atoms with Gasteiger partial charge in [0.15, 0.2) is 0 Å². The monoisotopic (exact) mass is 390 g/mol. The normalized spacial score (nSPS) is 17.9. The molecule has 1 aromatic rings. The maximum Gasteiger partial charge on any atom is 0.325 e. The van der Waals surface area contributed by atoms with Gasteiger partial charge in [0.2, 0.25) is 0 Å². The lowest BCUT2D eigenvalue weighted by atomic mass is 10.0. The fourth-order valence-corrected chi connectivity index (χ4v) is 3.19. The molecule has 1 aromatic carbocycles. The zero-order valence-electron chi connectivity index (χ0n) is 17.7. The molecule has 156 valence electrons. The lowest BCUT2D eigenvalue weighted by Crippen LogP contribution is -2.41. The minimum Gasteiger partial charge on any atom is -0.459 e. The highest BCUT2D eigenvalue weighted by molar-refractivity contribution is 6.01. The molecule has 1 aliphatic rings. The van der Waals surface area contributed by atoms with Crippen LogP contribution in [0.4, 0.5) is 11.4 Å². The standard InChI is InChI=1S/C21H34N4O3/c1-14(2)18-13-25(10-6-9-23-18)15-7-8-17(22)16(11-15)20(27)24-12-19(26)28-21(3,4)5/h7-8,11,14,18,23H,6,9-10,12-13,22H2,1-5H3,(H,24,27)/t18-/m1/s1. The fourth-order valence-electron chi connectivity index (χ4n) is 3.19. The van der Waals surface area contributed by atoms with Gasteiger partial charge in [-0.2, -0.15) is 0 Å². The number of anilines is 2. The predicted octanol–water partition coefficient (Wildman–Crippen LogP) is 2.16. The Morgan fingerprint density at radius 1 is 1.36 bits per heavy atom. The summed E-state index contributed by atoms with van der Waals surface area (Å²) in [4.78, 5) is 26.7. The summed E-state index contributed by atoms with van der Waals surface area (Å²) in [5.74, 6) is -0.335. The Kier molecular flexibility index (Phi) is 7.29. The van der Waals surface area contributed by atoms with Crippen molar-refractivity contribution in [2.24, 2.45) is 5.92 Å². The van der Waals surface area contributed by atoms with Crippen LogP contribution in [0, 0.1) is 5.92 Å². The minimum atomic E-state index is -0.589. The molecule has 28 heavy (non-hydrogen) atoms. The summed E-state index contributed by atoms with van der Waals surface area (Å²) in [6, 6.07) is 5.90. The second-order valence-electron chi connectivity index (χ2n) is 8.64. The number of ether oxygens (including phenoxy) is 1.